The average Bonchev–Trinajstić information content (AvgIpc) is 2.46. The van der Waals surface area contributed by atoms with Crippen LogP contribution < -0.4 is 10.2 Å². The molecular formula is C15H24BrN3O. The van der Waals surface area contributed by atoms with Gasteiger partial charge in [0.25, 0.3) is 0 Å². The Labute approximate surface area is 130 Å². The third-order valence-electron chi connectivity index (χ3n) is 3.51. The molecule has 1 N–H and O–H groups in total. The summed E-state index contributed by atoms with van der Waals surface area (Å²) in [7, 11) is 1.97. The van der Waals surface area contributed by atoms with E-state index >= 15 is 0 Å². The fourth-order valence-corrected chi connectivity index (χ4v) is 3.01. The standard InChI is InChI=1S/C15H24BrN3O/c1-3-7-20-14-5-4-6-19(11-14)15-12(9-17-2)8-13(16)10-18-15/h8,10,14,17H,3-7,9,11H2,1-2H3. The van der Waals surface area contributed by atoms with Crippen molar-refractivity contribution in [2.45, 2.75) is 38.8 Å². The lowest BCUT2D eigenvalue weighted by atomic mass is 10.1. The summed E-state index contributed by atoms with van der Waals surface area (Å²) in [6.07, 6.45) is 5.64. The molecule has 1 aliphatic rings. The first-order valence-corrected chi connectivity index (χ1v) is 8.19. The summed E-state index contributed by atoms with van der Waals surface area (Å²) in [6.45, 7) is 5.86. The molecule has 1 aromatic heterocycles. The molecule has 1 aromatic rings. The van der Waals surface area contributed by atoms with Crippen LogP contribution in [0.5, 0.6) is 0 Å². The number of nitrogens with one attached hydrogen (secondary N) is 1. The van der Waals surface area contributed by atoms with Crippen LogP contribution in [0, 0.1) is 0 Å². The third-order valence-corrected chi connectivity index (χ3v) is 3.95. The van der Waals surface area contributed by atoms with Crippen LogP contribution in [0.25, 0.3) is 0 Å². The van der Waals surface area contributed by atoms with Crippen molar-refractivity contribution in [3.8, 4) is 0 Å². The molecule has 1 fully saturated rings. The van der Waals surface area contributed by atoms with Gasteiger partial charge in [-0.1, -0.05) is 6.92 Å². The highest BCUT2D eigenvalue weighted by molar-refractivity contribution is 9.10. The number of piperidine rings is 1. The Balaban J connectivity index is 2.09. The zero-order valence-corrected chi connectivity index (χ0v) is 13.9. The number of hydrogen-bond donors (Lipinski definition) is 1. The lowest BCUT2D eigenvalue weighted by Gasteiger charge is -2.34. The van der Waals surface area contributed by atoms with E-state index in [4.69, 9.17) is 4.74 Å². The van der Waals surface area contributed by atoms with Crippen molar-refractivity contribution in [2.24, 2.45) is 0 Å². The lowest BCUT2D eigenvalue weighted by Crippen LogP contribution is -2.41. The van der Waals surface area contributed by atoms with E-state index in [2.05, 4.69) is 44.1 Å². The second kappa shape index (κ2) is 7.96. The van der Waals surface area contributed by atoms with Crippen LogP contribution in [0.3, 0.4) is 0 Å². The Morgan fingerprint density at radius 2 is 2.40 bits per heavy atom. The van der Waals surface area contributed by atoms with Gasteiger partial charge in [-0.2, -0.15) is 0 Å². The monoisotopic (exact) mass is 341 g/mol. The summed E-state index contributed by atoms with van der Waals surface area (Å²) >= 11 is 3.50. The zero-order valence-electron chi connectivity index (χ0n) is 12.4. The maximum Gasteiger partial charge on any atom is 0.133 e. The van der Waals surface area contributed by atoms with Gasteiger partial charge in [0.1, 0.15) is 5.82 Å². The van der Waals surface area contributed by atoms with Gasteiger partial charge in [0.15, 0.2) is 0 Å². The van der Waals surface area contributed by atoms with Crippen molar-refractivity contribution in [3.63, 3.8) is 0 Å². The fourth-order valence-electron chi connectivity index (χ4n) is 2.63. The summed E-state index contributed by atoms with van der Waals surface area (Å²) in [4.78, 5) is 6.98. The largest absolute Gasteiger partial charge is 0.376 e. The molecule has 0 aliphatic carbocycles. The van der Waals surface area contributed by atoms with Gasteiger partial charge < -0.3 is 15.0 Å². The lowest BCUT2D eigenvalue weighted by molar-refractivity contribution is 0.0439. The Morgan fingerprint density at radius 3 is 3.15 bits per heavy atom. The Morgan fingerprint density at radius 1 is 1.55 bits per heavy atom. The van der Waals surface area contributed by atoms with Crippen LogP contribution in [-0.4, -0.2) is 37.8 Å². The van der Waals surface area contributed by atoms with E-state index in [9.17, 15) is 0 Å². The number of anilines is 1. The van der Waals surface area contributed by atoms with E-state index < -0.39 is 0 Å². The van der Waals surface area contributed by atoms with Crippen LogP contribution in [0.15, 0.2) is 16.7 Å². The molecule has 20 heavy (non-hydrogen) atoms. The number of rotatable bonds is 6. The molecule has 1 aliphatic heterocycles. The van der Waals surface area contributed by atoms with Crippen molar-refractivity contribution in [3.05, 3.63) is 22.3 Å². The van der Waals surface area contributed by atoms with Gasteiger partial charge >= 0.3 is 0 Å². The summed E-state index contributed by atoms with van der Waals surface area (Å²) in [5.41, 5.74) is 1.23. The molecule has 0 radical (unpaired) electrons. The normalized spacial score (nSPS) is 19.4. The van der Waals surface area contributed by atoms with Gasteiger partial charge in [-0.25, -0.2) is 4.98 Å². The third kappa shape index (κ3) is 4.17. The van der Waals surface area contributed by atoms with Gasteiger partial charge in [0.05, 0.1) is 6.10 Å². The Hall–Kier alpha value is -0.650. The van der Waals surface area contributed by atoms with E-state index in [-0.39, 0.29) is 0 Å². The molecule has 1 atom stereocenters. The second-order valence-electron chi connectivity index (χ2n) is 5.25. The van der Waals surface area contributed by atoms with E-state index in [0.29, 0.717) is 6.10 Å². The predicted molar refractivity (Wildman–Crippen MR) is 86.2 cm³/mol. The molecular weight excluding hydrogens is 318 g/mol. The number of nitrogens with zero attached hydrogens (tertiary/aromatic N) is 2. The summed E-state index contributed by atoms with van der Waals surface area (Å²) < 4.78 is 6.94. The molecule has 4 nitrogen and oxygen atoms in total. The van der Waals surface area contributed by atoms with Crippen molar-refractivity contribution >= 4 is 21.7 Å². The molecule has 1 unspecified atom stereocenters. The minimum absolute atomic E-state index is 0.344. The van der Waals surface area contributed by atoms with Crippen LogP contribution in [0.1, 0.15) is 31.7 Å². The maximum atomic E-state index is 5.91. The second-order valence-corrected chi connectivity index (χ2v) is 6.16. The molecule has 1 saturated heterocycles. The van der Waals surface area contributed by atoms with Gasteiger partial charge in [-0.05, 0) is 48.3 Å². The van der Waals surface area contributed by atoms with Gasteiger partial charge in [-0.15, -0.1) is 0 Å². The van der Waals surface area contributed by atoms with Gasteiger partial charge in [0, 0.05) is 42.5 Å². The number of ether oxygens (including phenoxy) is 1. The zero-order chi connectivity index (χ0) is 14.4. The molecule has 5 heteroatoms. The van der Waals surface area contributed by atoms with Gasteiger partial charge in [-0.3, -0.25) is 0 Å². The number of pyridine rings is 1. The van der Waals surface area contributed by atoms with E-state index in [0.717, 1.165) is 49.4 Å². The quantitative estimate of drug-likeness (QED) is 0.863. The van der Waals surface area contributed by atoms with Crippen LogP contribution in [0.2, 0.25) is 0 Å². The topological polar surface area (TPSA) is 37.4 Å². The van der Waals surface area contributed by atoms with E-state index in [1.807, 2.05) is 13.2 Å². The molecule has 112 valence electrons. The van der Waals surface area contributed by atoms with Crippen molar-refractivity contribution in [1.82, 2.24) is 10.3 Å². The van der Waals surface area contributed by atoms with Crippen molar-refractivity contribution in [2.75, 3.05) is 31.6 Å². The number of hydrogen-bond acceptors (Lipinski definition) is 4. The summed E-state index contributed by atoms with van der Waals surface area (Å²) in [5, 5.41) is 3.22. The van der Waals surface area contributed by atoms with Gasteiger partial charge in [0.2, 0.25) is 0 Å². The molecule has 0 bridgehead atoms. The van der Waals surface area contributed by atoms with Crippen molar-refractivity contribution < 1.29 is 4.74 Å². The SMILES string of the molecule is CCCOC1CCCN(c2ncc(Br)cc2CNC)C1. The molecule has 0 saturated carbocycles. The first kappa shape index (κ1) is 15.7. The maximum absolute atomic E-state index is 5.91. The highest BCUT2D eigenvalue weighted by atomic mass is 79.9. The number of halogens is 1. The molecule has 2 rings (SSSR count). The fraction of sp³-hybridized carbons (Fsp3) is 0.667. The number of aromatic nitrogens is 1. The van der Waals surface area contributed by atoms with Crippen LogP contribution >= 0.6 is 15.9 Å². The minimum Gasteiger partial charge on any atom is -0.376 e. The van der Waals surface area contributed by atoms with E-state index in [1.54, 1.807) is 0 Å². The summed E-state index contributed by atoms with van der Waals surface area (Å²) in [5.74, 6) is 1.09. The molecule has 0 aromatic carbocycles. The first-order chi connectivity index (χ1) is 9.74. The van der Waals surface area contributed by atoms with Crippen molar-refractivity contribution in [1.29, 1.82) is 0 Å². The smallest absolute Gasteiger partial charge is 0.133 e. The molecule has 0 spiro atoms. The highest BCUT2D eigenvalue weighted by Gasteiger charge is 2.23. The molecule has 2 heterocycles. The van der Waals surface area contributed by atoms with Crippen LogP contribution in [0.4, 0.5) is 5.82 Å². The van der Waals surface area contributed by atoms with E-state index in [1.165, 1.54) is 12.0 Å². The first-order valence-electron chi connectivity index (χ1n) is 7.40. The Kier molecular flexibility index (Phi) is 6.26. The minimum atomic E-state index is 0.344. The van der Waals surface area contributed by atoms with Crippen LogP contribution in [-0.2, 0) is 11.3 Å². The predicted octanol–water partition coefficient (Wildman–Crippen LogP) is 2.96. The highest BCUT2D eigenvalue weighted by Crippen LogP contribution is 2.25. The Bertz CT molecular complexity index is 428. The average molecular weight is 342 g/mol. The summed E-state index contributed by atoms with van der Waals surface area (Å²) in [6, 6.07) is 2.15. The molecule has 0 amide bonds.